The lowest BCUT2D eigenvalue weighted by atomic mass is 10.2. The Morgan fingerprint density at radius 1 is 1.19 bits per heavy atom. The number of rotatable bonds is 6. The van der Waals surface area contributed by atoms with Crippen molar-refractivity contribution in [2.45, 2.75) is 31.3 Å². The molecule has 1 unspecified atom stereocenters. The highest BCUT2D eigenvalue weighted by Crippen LogP contribution is 2.16. The normalized spacial score (nSPS) is 13.3. The average Bonchev–Trinajstić information content (AvgIpc) is 2.91. The second-order valence-electron chi connectivity index (χ2n) is 4.81. The Morgan fingerprint density at radius 2 is 1.86 bits per heavy atom. The predicted octanol–water partition coefficient (Wildman–Crippen LogP) is 2.16. The number of aliphatic hydroxyl groups is 1. The molecule has 0 spiro atoms. The van der Waals surface area contributed by atoms with Crippen LogP contribution >= 0.6 is 0 Å². The van der Waals surface area contributed by atoms with Gasteiger partial charge in [0.2, 0.25) is 10.0 Å². The van der Waals surface area contributed by atoms with Crippen LogP contribution in [0.4, 0.5) is 0 Å². The Balaban J connectivity index is 2.03. The van der Waals surface area contributed by atoms with Gasteiger partial charge >= 0.3 is 0 Å². The summed E-state index contributed by atoms with van der Waals surface area (Å²) in [5.74, 6) is 1.01. The van der Waals surface area contributed by atoms with Gasteiger partial charge in [-0.2, -0.15) is 0 Å². The molecule has 114 valence electrons. The molecule has 1 atom stereocenters. The van der Waals surface area contributed by atoms with Crippen LogP contribution in [0.25, 0.3) is 0 Å². The van der Waals surface area contributed by atoms with Crippen molar-refractivity contribution in [2.75, 3.05) is 6.54 Å². The molecule has 0 saturated heterocycles. The molecular weight excluding hydrogens is 290 g/mol. The lowest BCUT2D eigenvalue weighted by molar-refractivity contribution is 0.152. The zero-order valence-electron chi connectivity index (χ0n) is 12.0. The van der Waals surface area contributed by atoms with Crippen molar-refractivity contribution in [1.82, 2.24) is 4.72 Å². The van der Waals surface area contributed by atoms with Crippen LogP contribution in [-0.4, -0.2) is 20.1 Å². The highest BCUT2D eigenvalue weighted by atomic mass is 32.2. The minimum absolute atomic E-state index is 0.134. The first-order valence-electron chi connectivity index (χ1n) is 6.75. The van der Waals surface area contributed by atoms with Gasteiger partial charge in [0.05, 0.1) is 4.90 Å². The second-order valence-corrected chi connectivity index (χ2v) is 6.58. The van der Waals surface area contributed by atoms with Crippen molar-refractivity contribution in [3.63, 3.8) is 0 Å². The van der Waals surface area contributed by atoms with Crippen LogP contribution in [-0.2, 0) is 16.4 Å². The van der Waals surface area contributed by atoms with Crippen molar-refractivity contribution in [1.29, 1.82) is 0 Å². The minimum Gasteiger partial charge on any atom is -0.464 e. The highest BCUT2D eigenvalue weighted by molar-refractivity contribution is 7.89. The van der Waals surface area contributed by atoms with E-state index in [1.54, 1.807) is 43.3 Å². The molecule has 0 radical (unpaired) electrons. The standard InChI is InChI=1S/C15H19NO4S/c1-3-12-5-7-13(8-6-12)21(18,19)16-10-14(17)15-9-4-11(2)20-15/h4-9,14,16-17H,3,10H2,1-2H3. The molecule has 5 nitrogen and oxygen atoms in total. The largest absolute Gasteiger partial charge is 0.464 e. The molecule has 0 fully saturated rings. The smallest absolute Gasteiger partial charge is 0.240 e. The van der Waals surface area contributed by atoms with E-state index in [4.69, 9.17) is 4.42 Å². The summed E-state index contributed by atoms with van der Waals surface area (Å²) in [6.07, 6.45) is -0.159. The van der Waals surface area contributed by atoms with Crippen LogP contribution in [0.1, 0.15) is 30.1 Å². The Kier molecular flexibility index (Phi) is 4.82. The molecule has 21 heavy (non-hydrogen) atoms. The van der Waals surface area contributed by atoms with E-state index in [2.05, 4.69) is 4.72 Å². The van der Waals surface area contributed by atoms with E-state index in [0.717, 1.165) is 12.0 Å². The third-order valence-electron chi connectivity index (χ3n) is 3.20. The summed E-state index contributed by atoms with van der Waals surface area (Å²) in [7, 11) is -3.63. The lowest BCUT2D eigenvalue weighted by Crippen LogP contribution is -2.28. The molecule has 0 saturated carbocycles. The SMILES string of the molecule is CCc1ccc(S(=O)(=O)NCC(O)c2ccc(C)o2)cc1. The molecule has 2 N–H and O–H groups in total. The summed E-state index contributed by atoms with van der Waals surface area (Å²) < 4.78 is 31.9. The third kappa shape index (κ3) is 3.93. The van der Waals surface area contributed by atoms with Crippen LogP contribution < -0.4 is 4.72 Å². The van der Waals surface area contributed by atoms with Crippen LogP contribution in [0.15, 0.2) is 45.7 Å². The van der Waals surface area contributed by atoms with Crippen LogP contribution in [0.3, 0.4) is 0 Å². The fraction of sp³-hybridized carbons (Fsp3) is 0.333. The molecule has 0 amide bonds. The summed E-state index contributed by atoms with van der Waals surface area (Å²) in [6.45, 7) is 3.63. The summed E-state index contributed by atoms with van der Waals surface area (Å²) in [4.78, 5) is 0.183. The van der Waals surface area contributed by atoms with Gasteiger partial charge in [-0.3, -0.25) is 0 Å². The predicted molar refractivity (Wildman–Crippen MR) is 79.4 cm³/mol. The third-order valence-corrected chi connectivity index (χ3v) is 4.64. The topological polar surface area (TPSA) is 79.5 Å². The van der Waals surface area contributed by atoms with Crippen molar-refractivity contribution >= 4 is 10.0 Å². The summed E-state index contributed by atoms with van der Waals surface area (Å²) in [5.41, 5.74) is 1.07. The second kappa shape index (κ2) is 6.43. The molecule has 2 aromatic rings. The lowest BCUT2D eigenvalue weighted by Gasteiger charge is -2.10. The summed E-state index contributed by atoms with van der Waals surface area (Å²) in [5, 5.41) is 9.91. The number of aliphatic hydroxyl groups excluding tert-OH is 1. The zero-order valence-corrected chi connectivity index (χ0v) is 12.9. The van der Waals surface area contributed by atoms with Gasteiger partial charge < -0.3 is 9.52 Å². The Morgan fingerprint density at radius 3 is 2.38 bits per heavy atom. The molecule has 0 aliphatic rings. The first-order valence-corrected chi connectivity index (χ1v) is 8.23. The van der Waals surface area contributed by atoms with E-state index in [9.17, 15) is 13.5 Å². The number of hydrogen-bond acceptors (Lipinski definition) is 4. The molecule has 1 aromatic carbocycles. The van der Waals surface area contributed by atoms with Crippen molar-refractivity contribution in [3.8, 4) is 0 Å². The maximum Gasteiger partial charge on any atom is 0.240 e. The zero-order chi connectivity index (χ0) is 15.5. The van der Waals surface area contributed by atoms with Gasteiger partial charge in [-0.1, -0.05) is 19.1 Å². The van der Waals surface area contributed by atoms with Gasteiger partial charge in [0.1, 0.15) is 17.6 Å². The molecule has 6 heteroatoms. The van der Waals surface area contributed by atoms with Crippen LogP contribution in [0.2, 0.25) is 0 Å². The Labute approximate surface area is 124 Å². The van der Waals surface area contributed by atoms with Gasteiger partial charge in [-0.15, -0.1) is 0 Å². The number of nitrogens with one attached hydrogen (secondary N) is 1. The van der Waals surface area contributed by atoms with Gasteiger partial charge in [0.15, 0.2) is 0 Å². The molecular formula is C15H19NO4S. The maximum absolute atomic E-state index is 12.1. The van der Waals surface area contributed by atoms with Gasteiger partial charge in [0.25, 0.3) is 0 Å². The molecule has 0 aliphatic carbocycles. The number of hydrogen-bond donors (Lipinski definition) is 2. The quantitative estimate of drug-likeness (QED) is 0.857. The van der Waals surface area contributed by atoms with Crippen molar-refractivity contribution in [2.24, 2.45) is 0 Å². The molecule has 0 aliphatic heterocycles. The average molecular weight is 309 g/mol. The Hall–Kier alpha value is -1.63. The first-order chi connectivity index (χ1) is 9.92. The van der Waals surface area contributed by atoms with Crippen LogP contribution in [0, 0.1) is 6.92 Å². The van der Waals surface area contributed by atoms with Crippen molar-refractivity contribution < 1.29 is 17.9 Å². The maximum atomic E-state index is 12.1. The molecule has 1 aromatic heterocycles. The monoisotopic (exact) mass is 309 g/mol. The minimum atomic E-state index is -3.63. The van der Waals surface area contributed by atoms with Gasteiger partial charge in [-0.05, 0) is 43.2 Å². The van der Waals surface area contributed by atoms with Crippen molar-refractivity contribution in [3.05, 3.63) is 53.5 Å². The van der Waals surface area contributed by atoms with E-state index in [1.165, 1.54) is 0 Å². The molecule has 1 heterocycles. The molecule has 0 bridgehead atoms. The van der Waals surface area contributed by atoms with E-state index in [1.807, 2.05) is 6.92 Å². The van der Waals surface area contributed by atoms with E-state index in [0.29, 0.717) is 11.5 Å². The Bertz CT molecular complexity index is 689. The number of sulfonamides is 1. The fourth-order valence-corrected chi connectivity index (χ4v) is 2.95. The number of aryl methyl sites for hydroxylation is 2. The van der Waals surface area contributed by atoms with Crippen LogP contribution in [0.5, 0.6) is 0 Å². The summed E-state index contributed by atoms with van der Waals surface area (Å²) >= 11 is 0. The van der Waals surface area contributed by atoms with E-state index >= 15 is 0 Å². The van der Waals surface area contributed by atoms with E-state index < -0.39 is 16.1 Å². The first kappa shape index (κ1) is 15.8. The summed E-state index contributed by atoms with van der Waals surface area (Å²) in [6, 6.07) is 10.0. The molecule has 2 rings (SSSR count). The number of furan rings is 1. The van der Waals surface area contributed by atoms with Gasteiger partial charge in [0, 0.05) is 6.54 Å². The number of benzene rings is 1. The van der Waals surface area contributed by atoms with Gasteiger partial charge in [-0.25, -0.2) is 13.1 Å². The highest BCUT2D eigenvalue weighted by Gasteiger charge is 2.18. The van der Waals surface area contributed by atoms with E-state index in [-0.39, 0.29) is 11.4 Å². The fourth-order valence-electron chi connectivity index (χ4n) is 1.91.